The van der Waals surface area contributed by atoms with Crippen LogP contribution in [0.4, 0.5) is 23.2 Å². The summed E-state index contributed by atoms with van der Waals surface area (Å²) >= 11 is 0. The fourth-order valence-corrected chi connectivity index (χ4v) is 4.21. The van der Waals surface area contributed by atoms with Crippen molar-refractivity contribution < 1.29 is 31.3 Å². The Morgan fingerprint density at radius 3 is 2.31 bits per heavy atom. The maximum atomic E-state index is 14.5. The van der Waals surface area contributed by atoms with Crippen LogP contribution in [0.3, 0.4) is 0 Å². The van der Waals surface area contributed by atoms with Crippen LogP contribution in [0.1, 0.15) is 38.3 Å². The summed E-state index contributed by atoms with van der Waals surface area (Å²) in [5, 5.41) is 9.14. The van der Waals surface area contributed by atoms with Crippen LogP contribution in [0.15, 0.2) is 35.2 Å². The molecule has 0 aliphatic carbocycles. The van der Waals surface area contributed by atoms with Crippen molar-refractivity contribution in [1.82, 2.24) is 10.2 Å². The molecule has 0 bridgehead atoms. The van der Waals surface area contributed by atoms with E-state index in [0.717, 1.165) is 6.92 Å². The third-order valence-corrected chi connectivity index (χ3v) is 6.38. The fourth-order valence-electron chi connectivity index (χ4n) is 3.52. The predicted molar refractivity (Wildman–Crippen MR) is 122 cm³/mol. The van der Waals surface area contributed by atoms with Gasteiger partial charge < -0.3 is 10.1 Å². The molecular formula is C23H22F4N4O3S. The molecule has 0 saturated carbocycles. The number of carbonyl (C=O) groups excluding carboxylic acids is 1. The largest absolute Gasteiger partial charge is 0.436 e. The minimum atomic E-state index is -4.90. The van der Waals surface area contributed by atoms with Gasteiger partial charge in [0.2, 0.25) is 0 Å². The number of hydrogen-bond donors (Lipinski definition) is 2. The summed E-state index contributed by atoms with van der Waals surface area (Å²) in [5.41, 5.74) is -1.46. The second-order valence-electron chi connectivity index (χ2n) is 8.06. The highest BCUT2D eigenvalue weighted by Crippen LogP contribution is 2.37. The Bertz CT molecular complexity index is 1440. The first-order chi connectivity index (χ1) is 16.1. The van der Waals surface area contributed by atoms with Gasteiger partial charge in [-0.05, 0) is 68.7 Å². The summed E-state index contributed by atoms with van der Waals surface area (Å²) in [6.45, 7) is 5.66. The zero-order valence-electron chi connectivity index (χ0n) is 19.4. The van der Waals surface area contributed by atoms with Gasteiger partial charge in [0.25, 0.3) is 11.8 Å². The molecule has 1 heterocycles. The van der Waals surface area contributed by atoms with Gasteiger partial charge in [-0.25, -0.2) is 13.4 Å². The number of aromatic nitrogens is 2. The van der Waals surface area contributed by atoms with E-state index in [-0.39, 0.29) is 21.9 Å². The smallest absolute Gasteiger partial charge is 0.435 e. The van der Waals surface area contributed by atoms with Gasteiger partial charge >= 0.3 is 6.18 Å². The van der Waals surface area contributed by atoms with Gasteiger partial charge in [-0.15, -0.1) is 10.2 Å². The molecule has 186 valence electrons. The molecule has 1 aromatic heterocycles. The van der Waals surface area contributed by atoms with Crippen LogP contribution in [0, 0.1) is 38.3 Å². The highest BCUT2D eigenvalue weighted by Gasteiger charge is 2.38. The third-order valence-electron chi connectivity index (χ3n) is 5.23. The van der Waals surface area contributed by atoms with Crippen LogP contribution in [-0.2, 0) is 15.9 Å². The number of rotatable bonds is 5. The number of hydrogen-bond acceptors (Lipinski definition) is 6. The Kier molecular flexibility index (Phi) is 6.89. The average Bonchev–Trinajstić information content (AvgIpc) is 2.74. The van der Waals surface area contributed by atoms with E-state index in [1.165, 1.54) is 43.5 Å². The molecule has 12 heteroatoms. The van der Waals surface area contributed by atoms with E-state index in [4.69, 9.17) is 9.52 Å². The van der Waals surface area contributed by atoms with Crippen LogP contribution in [0.2, 0.25) is 0 Å². The van der Waals surface area contributed by atoms with Gasteiger partial charge in [0, 0.05) is 22.4 Å². The summed E-state index contributed by atoms with van der Waals surface area (Å²) in [6.07, 6.45) is -3.71. The molecule has 0 aliphatic heterocycles. The minimum absolute atomic E-state index is 0.00228. The van der Waals surface area contributed by atoms with Crippen LogP contribution >= 0.6 is 0 Å². The number of amides is 1. The van der Waals surface area contributed by atoms with E-state index in [1.807, 2.05) is 0 Å². The second-order valence-corrected chi connectivity index (χ2v) is 10.2. The topological polar surface area (TPSA) is 105 Å². The normalized spacial score (nSPS) is 13.3. The molecule has 35 heavy (non-hydrogen) atoms. The van der Waals surface area contributed by atoms with Crippen molar-refractivity contribution in [3.63, 3.8) is 0 Å². The molecule has 7 nitrogen and oxygen atoms in total. The second kappa shape index (κ2) is 9.25. The van der Waals surface area contributed by atoms with Crippen molar-refractivity contribution in [1.29, 1.82) is 4.78 Å². The van der Waals surface area contributed by atoms with E-state index >= 15 is 0 Å². The third kappa shape index (κ3) is 5.42. The van der Waals surface area contributed by atoms with Gasteiger partial charge in [0.15, 0.2) is 5.69 Å². The lowest BCUT2D eigenvalue weighted by molar-refractivity contribution is -0.142. The summed E-state index contributed by atoms with van der Waals surface area (Å²) < 4.78 is 80.4. The van der Waals surface area contributed by atoms with Crippen LogP contribution < -0.4 is 10.1 Å². The number of halogens is 4. The first kappa shape index (κ1) is 26.1. The highest BCUT2D eigenvalue weighted by molar-refractivity contribution is 7.91. The monoisotopic (exact) mass is 510 g/mol. The van der Waals surface area contributed by atoms with Crippen molar-refractivity contribution in [2.45, 2.75) is 38.8 Å². The summed E-state index contributed by atoms with van der Waals surface area (Å²) in [6, 6.07) is 7.08. The molecule has 1 atom stereocenters. The quantitative estimate of drug-likeness (QED) is 0.413. The van der Waals surface area contributed by atoms with Crippen molar-refractivity contribution in [2.24, 2.45) is 0 Å². The maximum absolute atomic E-state index is 14.5. The average molecular weight is 511 g/mol. The Morgan fingerprint density at radius 1 is 1.06 bits per heavy atom. The molecule has 0 saturated heterocycles. The fraction of sp³-hybridized carbons (Fsp3) is 0.261. The number of carbonyl (C=O) groups is 1. The molecular weight excluding hydrogens is 488 g/mol. The molecule has 2 aromatic carbocycles. The molecule has 1 unspecified atom stereocenters. The standard InChI is InChI=1S/C23H22F4N4O3S/c1-11-9-12(2)19(14(4)18(11)24)34-22-17(13(3)20(30-31-22)23(25,26)27)21(32)29-15-7-6-8-16(10-15)35(5,28)33/h6-10,28H,1-5H3,(H,29,32). The predicted octanol–water partition coefficient (Wildman–Crippen LogP) is 5.95. The molecule has 3 rings (SSSR count). The lowest BCUT2D eigenvalue weighted by Crippen LogP contribution is -2.21. The van der Waals surface area contributed by atoms with Crippen molar-refractivity contribution in [2.75, 3.05) is 11.6 Å². The number of nitrogens with zero attached hydrogens (tertiary/aromatic N) is 2. The first-order valence-electron chi connectivity index (χ1n) is 10.1. The van der Waals surface area contributed by atoms with Crippen molar-refractivity contribution in [3.8, 4) is 11.6 Å². The van der Waals surface area contributed by atoms with Gasteiger partial charge in [-0.3, -0.25) is 4.79 Å². The molecule has 0 radical (unpaired) electrons. The van der Waals surface area contributed by atoms with Gasteiger partial charge in [-0.1, -0.05) is 6.07 Å². The highest BCUT2D eigenvalue weighted by atomic mass is 32.2. The van der Waals surface area contributed by atoms with E-state index in [0.29, 0.717) is 11.1 Å². The number of benzene rings is 2. The zero-order valence-corrected chi connectivity index (χ0v) is 20.2. The molecule has 0 spiro atoms. The van der Waals surface area contributed by atoms with E-state index < -0.39 is 50.3 Å². The molecule has 3 aromatic rings. The Balaban J connectivity index is 2.14. The number of anilines is 1. The summed E-state index contributed by atoms with van der Waals surface area (Å²) in [4.78, 5) is 13.3. The molecule has 0 aliphatic rings. The van der Waals surface area contributed by atoms with Crippen LogP contribution in [-0.4, -0.2) is 26.6 Å². The zero-order chi connectivity index (χ0) is 26.3. The summed E-state index contributed by atoms with van der Waals surface area (Å²) in [5.74, 6) is -2.12. The molecule has 1 amide bonds. The first-order valence-corrected chi connectivity index (χ1v) is 12.1. The van der Waals surface area contributed by atoms with Crippen molar-refractivity contribution in [3.05, 3.63) is 69.7 Å². The molecule has 2 N–H and O–H groups in total. The number of aryl methyl sites for hydroxylation is 2. The Hall–Kier alpha value is -3.54. The lowest BCUT2D eigenvalue weighted by atomic mass is 10.0. The lowest BCUT2D eigenvalue weighted by Gasteiger charge is -2.18. The van der Waals surface area contributed by atoms with Gasteiger partial charge in [0.1, 0.15) is 17.1 Å². The van der Waals surface area contributed by atoms with Gasteiger partial charge in [-0.2, -0.15) is 13.2 Å². The van der Waals surface area contributed by atoms with Gasteiger partial charge in [0.05, 0.1) is 9.73 Å². The Labute approximate surface area is 199 Å². The molecule has 0 fully saturated rings. The van der Waals surface area contributed by atoms with Crippen LogP contribution in [0.5, 0.6) is 11.6 Å². The van der Waals surface area contributed by atoms with Crippen LogP contribution in [0.25, 0.3) is 0 Å². The van der Waals surface area contributed by atoms with E-state index in [2.05, 4.69) is 15.5 Å². The van der Waals surface area contributed by atoms with E-state index in [9.17, 15) is 26.6 Å². The number of alkyl halides is 3. The van der Waals surface area contributed by atoms with Crippen molar-refractivity contribution >= 4 is 21.3 Å². The number of ether oxygens (including phenoxy) is 1. The SMILES string of the molecule is Cc1cc(C)c(Oc2nnc(C(F)(F)F)c(C)c2C(=O)Nc2cccc(S(C)(=N)=O)c2)c(C)c1F. The Morgan fingerprint density at radius 2 is 1.71 bits per heavy atom. The summed E-state index contributed by atoms with van der Waals surface area (Å²) in [7, 11) is -3.11. The maximum Gasteiger partial charge on any atom is 0.435 e. The minimum Gasteiger partial charge on any atom is -0.436 e. The number of nitrogens with one attached hydrogen (secondary N) is 2. The van der Waals surface area contributed by atoms with E-state index in [1.54, 1.807) is 13.8 Å².